The van der Waals surface area contributed by atoms with E-state index in [1.807, 2.05) is 43.4 Å². The van der Waals surface area contributed by atoms with Crippen molar-refractivity contribution in [2.24, 2.45) is 0 Å². The number of allylic oxidation sites excluding steroid dienone is 3. The largest absolute Gasteiger partial charge is 0.463 e. The second-order valence-corrected chi connectivity index (χ2v) is 5.35. The Labute approximate surface area is 139 Å². The van der Waals surface area contributed by atoms with Crippen molar-refractivity contribution in [2.75, 3.05) is 6.61 Å². The molecule has 0 saturated carbocycles. The van der Waals surface area contributed by atoms with Crippen LogP contribution in [0, 0.1) is 0 Å². The zero-order valence-corrected chi connectivity index (χ0v) is 13.9. The molecule has 0 aliphatic carbocycles. The summed E-state index contributed by atoms with van der Waals surface area (Å²) in [5, 5.41) is 9.97. The summed E-state index contributed by atoms with van der Waals surface area (Å²) in [6, 6.07) is 10.3. The van der Waals surface area contributed by atoms with Gasteiger partial charge in [0.05, 0.1) is 12.7 Å². The highest BCUT2D eigenvalue weighted by molar-refractivity contribution is 5.82. The zero-order chi connectivity index (χ0) is 16.9. The van der Waals surface area contributed by atoms with Gasteiger partial charge in [-0.25, -0.2) is 4.79 Å². The first-order valence-electron chi connectivity index (χ1n) is 8.01. The third-order valence-electron chi connectivity index (χ3n) is 3.23. The number of carbonyl (C=O) groups excluding carboxylic acids is 1. The van der Waals surface area contributed by atoms with E-state index in [0.29, 0.717) is 13.0 Å². The molecule has 1 aromatic rings. The van der Waals surface area contributed by atoms with Crippen LogP contribution in [-0.2, 0) is 16.0 Å². The molecule has 1 N–H and O–H groups in total. The minimum absolute atomic E-state index is 0.349. The quantitative estimate of drug-likeness (QED) is 0.324. The summed E-state index contributed by atoms with van der Waals surface area (Å²) in [5.74, 6) is -0.349. The first-order valence-corrected chi connectivity index (χ1v) is 8.01. The van der Waals surface area contributed by atoms with Crippen LogP contribution in [-0.4, -0.2) is 23.8 Å². The lowest BCUT2D eigenvalue weighted by Crippen LogP contribution is -2.02. The third kappa shape index (κ3) is 9.48. The van der Waals surface area contributed by atoms with Gasteiger partial charge >= 0.3 is 5.97 Å². The van der Waals surface area contributed by atoms with Crippen molar-refractivity contribution < 1.29 is 14.6 Å². The Morgan fingerprint density at radius 1 is 1.30 bits per heavy atom. The molecule has 0 aliphatic rings. The van der Waals surface area contributed by atoms with Crippen LogP contribution in [0.15, 0.2) is 66.3 Å². The second kappa shape index (κ2) is 11.4. The third-order valence-corrected chi connectivity index (χ3v) is 3.23. The van der Waals surface area contributed by atoms with E-state index in [1.165, 1.54) is 11.6 Å². The Morgan fingerprint density at radius 3 is 2.74 bits per heavy atom. The summed E-state index contributed by atoms with van der Waals surface area (Å²) < 4.78 is 4.79. The molecular weight excluding hydrogens is 288 g/mol. The van der Waals surface area contributed by atoms with E-state index < -0.39 is 6.10 Å². The van der Waals surface area contributed by atoms with Crippen LogP contribution >= 0.6 is 0 Å². The topological polar surface area (TPSA) is 46.5 Å². The van der Waals surface area contributed by atoms with Crippen LogP contribution in [0.5, 0.6) is 0 Å². The molecule has 1 atom stereocenters. The molecule has 0 fully saturated rings. The lowest BCUT2D eigenvalue weighted by molar-refractivity contribution is -0.137. The van der Waals surface area contributed by atoms with Gasteiger partial charge in [0.1, 0.15) is 0 Å². The van der Waals surface area contributed by atoms with Gasteiger partial charge in [-0.15, -0.1) is 0 Å². The van der Waals surface area contributed by atoms with Crippen molar-refractivity contribution in [3.05, 3.63) is 71.8 Å². The molecule has 23 heavy (non-hydrogen) atoms. The zero-order valence-electron chi connectivity index (χ0n) is 13.9. The maximum Gasteiger partial charge on any atom is 0.330 e. The molecule has 0 aliphatic heterocycles. The average molecular weight is 314 g/mol. The Kier molecular flexibility index (Phi) is 9.41. The van der Waals surface area contributed by atoms with Gasteiger partial charge in [-0.3, -0.25) is 0 Å². The van der Waals surface area contributed by atoms with Gasteiger partial charge in [0.25, 0.3) is 0 Å². The predicted molar refractivity (Wildman–Crippen MR) is 94.1 cm³/mol. The van der Waals surface area contributed by atoms with Crippen molar-refractivity contribution in [3.63, 3.8) is 0 Å². The van der Waals surface area contributed by atoms with Gasteiger partial charge in [-0.2, -0.15) is 0 Å². The van der Waals surface area contributed by atoms with Crippen LogP contribution in [0.2, 0.25) is 0 Å². The molecule has 0 spiro atoms. The van der Waals surface area contributed by atoms with Crippen molar-refractivity contribution in [1.29, 1.82) is 0 Å². The van der Waals surface area contributed by atoms with Crippen molar-refractivity contribution in [1.82, 2.24) is 0 Å². The summed E-state index contributed by atoms with van der Waals surface area (Å²) >= 11 is 0. The normalized spacial score (nSPS) is 13.6. The van der Waals surface area contributed by atoms with Gasteiger partial charge in [-0.05, 0) is 38.7 Å². The highest BCUT2D eigenvalue weighted by atomic mass is 16.5. The van der Waals surface area contributed by atoms with E-state index in [0.717, 1.165) is 18.4 Å². The molecule has 1 aromatic carbocycles. The maximum atomic E-state index is 11.1. The number of benzene rings is 1. The molecule has 124 valence electrons. The highest BCUT2D eigenvalue weighted by Crippen LogP contribution is 2.08. The van der Waals surface area contributed by atoms with E-state index in [-0.39, 0.29) is 5.97 Å². The minimum atomic E-state index is -0.502. The number of aliphatic hydroxyl groups is 1. The number of ether oxygens (including phenoxy) is 1. The van der Waals surface area contributed by atoms with Gasteiger partial charge in [0, 0.05) is 6.08 Å². The van der Waals surface area contributed by atoms with Gasteiger partial charge in [-0.1, -0.05) is 60.2 Å². The van der Waals surface area contributed by atoms with Crippen molar-refractivity contribution >= 4 is 5.97 Å². The monoisotopic (exact) mass is 314 g/mol. The summed E-state index contributed by atoms with van der Waals surface area (Å²) in [6.07, 6.45) is 10.6. The highest BCUT2D eigenvalue weighted by Gasteiger charge is 2.00. The molecule has 0 radical (unpaired) electrons. The Bertz CT molecular complexity index is 541. The number of esters is 1. The van der Waals surface area contributed by atoms with Gasteiger partial charge in [0.15, 0.2) is 0 Å². The maximum absolute atomic E-state index is 11.1. The first-order chi connectivity index (χ1) is 11.1. The fourth-order valence-corrected chi connectivity index (χ4v) is 2.10. The molecule has 0 aromatic heterocycles. The second-order valence-electron chi connectivity index (χ2n) is 5.35. The molecule has 0 heterocycles. The van der Waals surface area contributed by atoms with E-state index in [4.69, 9.17) is 4.74 Å². The fraction of sp³-hybridized carbons (Fsp3) is 0.350. The molecule has 3 heteroatoms. The van der Waals surface area contributed by atoms with Crippen LogP contribution in [0.1, 0.15) is 32.3 Å². The van der Waals surface area contributed by atoms with Crippen LogP contribution < -0.4 is 0 Å². The molecule has 1 unspecified atom stereocenters. The van der Waals surface area contributed by atoms with E-state index in [9.17, 15) is 9.90 Å². The smallest absolute Gasteiger partial charge is 0.330 e. The number of rotatable bonds is 9. The fourth-order valence-electron chi connectivity index (χ4n) is 2.10. The van der Waals surface area contributed by atoms with Crippen LogP contribution in [0.3, 0.4) is 0 Å². The molecule has 3 nitrogen and oxygen atoms in total. The van der Waals surface area contributed by atoms with Crippen LogP contribution in [0.4, 0.5) is 0 Å². The van der Waals surface area contributed by atoms with Crippen molar-refractivity contribution in [2.45, 2.75) is 39.2 Å². The summed E-state index contributed by atoms with van der Waals surface area (Å²) in [4.78, 5) is 11.1. The number of hydrogen-bond acceptors (Lipinski definition) is 3. The van der Waals surface area contributed by atoms with Gasteiger partial charge in [0.2, 0.25) is 0 Å². The van der Waals surface area contributed by atoms with E-state index in [2.05, 4.69) is 12.1 Å². The average Bonchev–Trinajstić information content (AvgIpc) is 2.53. The van der Waals surface area contributed by atoms with Crippen molar-refractivity contribution in [3.8, 4) is 0 Å². The SMILES string of the molecule is CCOC(=O)/C=C\C=C(\C)CC(O)/C=C/CCc1ccccc1. The predicted octanol–water partition coefficient (Wildman–Crippen LogP) is 3.99. The molecule has 0 saturated heterocycles. The molecule has 1 rings (SSSR count). The summed E-state index contributed by atoms with van der Waals surface area (Å²) in [6.45, 7) is 4.07. The number of aliphatic hydroxyl groups excluding tert-OH is 1. The lowest BCUT2D eigenvalue weighted by atomic mass is 10.1. The summed E-state index contributed by atoms with van der Waals surface area (Å²) in [5.41, 5.74) is 2.30. The first kappa shape index (κ1) is 18.9. The Hall–Kier alpha value is -2.13. The van der Waals surface area contributed by atoms with E-state index >= 15 is 0 Å². The molecule has 0 bridgehead atoms. The standard InChI is InChI=1S/C20H26O3/c1-3-23-20(22)15-9-10-17(2)16-19(21)14-8-7-13-18-11-5-4-6-12-18/h4-6,8-12,14-15,19,21H,3,7,13,16H2,1-2H3/b14-8+,15-9-,17-10-. The Morgan fingerprint density at radius 2 is 2.04 bits per heavy atom. The minimum Gasteiger partial charge on any atom is -0.463 e. The molecule has 0 amide bonds. The molecular formula is C20H26O3. The van der Waals surface area contributed by atoms with E-state index in [1.54, 1.807) is 13.0 Å². The van der Waals surface area contributed by atoms with Crippen LogP contribution in [0.25, 0.3) is 0 Å². The van der Waals surface area contributed by atoms with Gasteiger partial charge < -0.3 is 9.84 Å². The lowest BCUT2D eigenvalue weighted by Gasteiger charge is -2.05. The number of carbonyl (C=O) groups is 1. The summed E-state index contributed by atoms with van der Waals surface area (Å²) in [7, 11) is 0. The number of hydrogen-bond donors (Lipinski definition) is 1. The Balaban J connectivity index is 2.30. The number of aryl methyl sites for hydroxylation is 1.